The zero-order chi connectivity index (χ0) is 22.1. The Labute approximate surface area is 192 Å². The molecular weight excluding hydrogens is 402 g/mol. The maximum Gasteiger partial charge on any atom is 0.185 e. The summed E-state index contributed by atoms with van der Waals surface area (Å²) in [5.41, 5.74) is 5.85. The number of unbranched alkanes of at least 4 members (excludes halogenated alkanes) is 1. The van der Waals surface area contributed by atoms with Crippen molar-refractivity contribution in [3.8, 4) is 11.3 Å². The molecule has 0 radical (unpaired) electrons. The van der Waals surface area contributed by atoms with Crippen LogP contribution in [0, 0.1) is 0 Å². The maximum atomic E-state index is 8.97. The third-order valence-electron chi connectivity index (χ3n) is 7.35. The minimum absolute atomic E-state index is 0.224. The van der Waals surface area contributed by atoms with Crippen LogP contribution in [0.4, 0.5) is 5.13 Å². The molecule has 2 aromatic rings. The van der Waals surface area contributed by atoms with Crippen molar-refractivity contribution in [1.29, 1.82) is 0 Å². The highest BCUT2D eigenvalue weighted by Gasteiger charge is 2.37. The molecule has 2 heterocycles. The topological polar surface area (TPSA) is 48.4 Å². The first kappa shape index (κ1) is 22.8. The van der Waals surface area contributed by atoms with E-state index < -0.39 is 0 Å². The fourth-order valence-electron chi connectivity index (χ4n) is 5.15. The molecule has 1 aromatic heterocycles. The third-order valence-corrected chi connectivity index (χ3v) is 8.25. The Hall–Kier alpha value is -1.43. The number of nitrogens with one attached hydrogen (secondary N) is 1. The standard InChI is InChI=1S/C26H39N3OS/c1-25(2)11-12-26(3,4)22-16-19(9-10-21(22)25)23-18-31-24(28-23)29-14-7-8-20(17-29)27-13-5-6-15-30/h9-10,16,18,20,27,30H,5-8,11-15,17H2,1-4H3. The summed E-state index contributed by atoms with van der Waals surface area (Å²) in [7, 11) is 0. The predicted molar refractivity (Wildman–Crippen MR) is 132 cm³/mol. The summed E-state index contributed by atoms with van der Waals surface area (Å²) >= 11 is 1.78. The van der Waals surface area contributed by atoms with Crippen molar-refractivity contribution < 1.29 is 5.11 Å². The van der Waals surface area contributed by atoms with Crippen LogP contribution >= 0.6 is 11.3 Å². The van der Waals surface area contributed by atoms with E-state index in [4.69, 9.17) is 10.1 Å². The number of benzene rings is 1. The first-order valence-electron chi connectivity index (χ1n) is 12.0. The summed E-state index contributed by atoms with van der Waals surface area (Å²) in [6, 6.07) is 7.57. The van der Waals surface area contributed by atoms with Gasteiger partial charge in [0.1, 0.15) is 0 Å². The van der Waals surface area contributed by atoms with E-state index in [1.165, 1.54) is 42.4 Å². The van der Waals surface area contributed by atoms with E-state index in [9.17, 15) is 0 Å². The fourth-order valence-corrected chi connectivity index (χ4v) is 6.02. The van der Waals surface area contributed by atoms with E-state index >= 15 is 0 Å². The van der Waals surface area contributed by atoms with Gasteiger partial charge in [-0.05, 0) is 73.1 Å². The molecule has 5 heteroatoms. The quantitative estimate of drug-likeness (QED) is 0.558. The van der Waals surface area contributed by atoms with Gasteiger partial charge in [-0.3, -0.25) is 0 Å². The number of hydrogen-bond acceptors (Lipinski definition) is 5. The number of aliphatic hydroxyl groups is 1. The molecule has 1 aliphatic heterocycles. The monoisotopic (exact) mass is 441 g/mol. The summed E-state index contributed by atoms with van der Waals surface area (Å²) < 4.78 is 0. The van der Waals surface area contributed by atoms with E-state index in [2.05, 4.69) is 61.5 Å². The van der Waals surface area contributed by atoms with Crippen molar-refractivity contribution in [2.75, 3.05) is 31.1 Å². The lowest BCUT2D eigenvalue weighted by atomic mass is 9.63. The Balaban J connectivity index is 1.49. The summed E-state index contributed by atoms with van der Waals surface area (Å²) in [5.74, 6) is 0. The molecule has 1 unspecified atom stereocenters. The van der Waals surface area contributed by atoms with Crippen LogP contribution in [0.5, 0.6) is 0 Å². The molecule has 1 aliphatic carbocycles. The number of rotatable bonds is 7. The molecule has 4 nitrogen and oxygen atoms in total. The van der Waals surface area contributed by atoms with Crippen LogP contribution in [-0.2, 0) is 10.8 Å². The molecule has 0 spiro atoms. The molecule has 0 saturated carbocycles. The Morgan fingerprint density at radius 3 is 2.68 bits per heavy atom. The second kappa shape index (κ2) is 9.21. The lowest BCUT2D eigenvalue weighted by Gasteiger charge is -2.42. The van der Waals surface area contributed by atoms with Gasteiger partial charge in [0.25, 0.3) is 0 Å². The molecule has 2 N–H and O–H groups in total. The first-order chi connectivity index (χ1) is 14.8. The number of aliphatic hydroxyl groups excluding tert-OH is 1. The molecular formula is C26H39N3OS. The van der Waals surface area contributed by atoms with E-state index in [0.29, 0.717) is 6.04 Å². The zero-order valence-corrected chi connectivity index (χ0v) is 20.5. The Morgan fingerprint density at radius 2 is 1.90 bits per heavy atom. The third kappa shape index (κ3) is 4.99. The number of piperidine rings is 1. The van der Waals surface area contributed by atoms with Gasteiger partial charge in [-0.15, -0.1) is 11.3 Å². The molecule has 170 valence electrons. The van der Waals surface area contributed by atoms with Gasteiger partial charge in [-0.25, -0.2) is 4.98 Å². The molecule has 31 heavy (non-hydrogen) atoms. The summed E-state index contributed by atoms with van der Waals surface area (Å²) in [5, 5.41) is 16.0. The second-order valence-electron chi connectivity index (χ2n) is 10.7. The van der Waals surface area contributed by atoms with Crippen LogP contribution in [0.1, 0.15) is 77.3 Å². The van der Waals surface area contributed by atoms with Crippen molar-refractivity contribution >= 4 is 16.5 Å². The number of thiazole rings is 1. The van der Waals surface area contributed by atoms with E-state index in [1.807, 2.05) is 0 Å². The van der Waals surface area contributed by atoms with Crippen molar-refractivity contribution in [3.63, 3.8) is 0 Å². The summed E-state index contributed by atoms with van der Waals surface area (Å²) in [6.07, 6.45) is 6.84. The van der Waals surface area contributed by atoms with E-state index in [0.717, 1.165) is 43.3 Å². The highest BCUT2D eigenvalue weighted by atomic mass is 32.1. The van der Waals surface area contributed by atoms with Gasteiger partial charge < -0.3 is 15.3 Å². The smallest absolute Gasteiger partial charge is 0.185 e. The van der Waals surface area contributed by atoms with Gasteiger partial charge in [-0.1, -0.05) is 39.8 Å². The van der Waals surface area contributed by atoms with Crippen molar-refractivity contribution in [2.24, 2.45) is 0 Å². The number of hydrogen-bond donors (Lipinski definition) is 2. The Bertz CT molecular complexity index is 889. The van der Waals surface area contributed by atoms with Crippen LogP contribution in [-0.4, -0.2) is 42.4 Å². The predicted octanol–water partition coefficient (Wildman–Crippen LogP) is 5.49. The second-order valence-corrected chi connectivity index (χ2v) is 11.6. The van der Waals surface area contributed by atoms with Crippen molar-refractivity contribution in [2.45, 2.75) is 83.1 Å². The van der Waals surface area contributed by atoms with E-state index in [1.54, 1.807) is 11.3 Å². The van der Waals surface area contributed by atoms with Crippen LogP contribution < -0.4 is 10.2 Å². The first-order valence-corrected chi connectivity index (χ1v) is 12.9. The van der Waals surface area contributed by atoms with Crippen LogP contribution in [0.25, 0.3) is 11.3 Å². The maximum absolute atomic E-state index is 8.97. The van der Waals surface area contributed by atoms with E-state index in [-0.39, 0.29) is 17.4 Å². The zero-order valence-electron chi connectivity index (χ0n) is 19.7. The van der Waals surface area contributed by atoms with Crippen LogP contribution in [0.2, 0.25) is 0 Å². The van der Waals surface area contributed by atoms with Gasteiger partial charge in [0.05, 0.1) is 5.69 Å². The average Bonchev–Trinajstić information content (AvgIpc) is 3.25. The van der Waals surface area contributed by atoms with Gasteiger partial charge in [0, 0.05) is 36.7 Å². The van der Waals surface area contributed by atoms with Crippen molar-refractivity contribution in [1.82, 2.24) is 10.3 Å². The number of aromatic nitrogens is 1. The number of anilines is 1. The van der Waals surface area contributed by atoms with Gasteiger partial charge >= 0.3 is 0 Å². The molecule has 4 rings (SSSR count). The van der Waals surface area contributed by atoms with Crippen LogP contribution in [0.3, 0.4) is 0 Å². The largest absolute Gasteiger partial charge is 0.396 e. The van der Waals surface area contributed by atoms with Gasteiger partial charge in [-0.2, -0.15) is 0 Å². The molecule has 1 fully saturated rings. The average molecular weight is 442 g/mol. The number of fused-ring (bicyclic) bond motifs is 1. The molecule has 1 aromatic carbocycles. The molecule has 0 bridgehead atoms. The highest BCUT2D eigenvalue weighted by molar-refractivity contribution is 7.14. The molecule has 1 saturated heterocycles. The molecule has 1 atom stereocenters. The fraction of sp³-hybridized carbons (Fsp3) is 0.654. The minimum atomic E-state index is 0.224. The van der Waals surface area contributed by atoms with Crippen molar-refractivity contribution in [3.05, 3.63) is 34.7 Å². The molecule has 0 amide bonds. The summed E-state index contributed by atoms with van der Waals surface area (Å²) in [4.78, 5) is 7.52. The Kier molecular flexibility index (Phi) is 6.76. The minimum Gasteiger partial charge on any atom is -0.396 e. The summed E-state index contributed by atoms with van der Waals surface area (Å²) in [6.45, 7) is 12.9. The normalized spacial score (nSPS) is 22.4. The van der Waals surface area contributed by atoms with Crippen LogP contribution in [0.15, 0.2) is 23.6 Å². The lowest BCUT2D eigenvalue weighted by Crippen LogP contribution is -2.46. The SMILES string of the molecule is CC1(C)CCC(C)(C)c2cc(-c3csc(N4CCCC(NCCCCO)C4)n3)ccc21. The van der Waals surface area contributed by atoms with Gasteiger partial charge in [0.15, 0.2) is 5.13 Å². The molecule has 2 aliphatic rings. The van der Waals surface area contributed by atoms with Gasteiger partial charge in [0.2, 0.25) is 0 Å². The lowest BCUT2D eigenvalue weighted by molar-refractivity contribution is 0.281. The number of nitrogens with zero attached hydrogens (tertiary/aromatic N) is 2. The Morgan fingerprint density at radius 1 is 1.13 bits per heavy atom. The highest BCUT2D eigenvalue weighted by Crippen LogP contribution is 2.47.